The first-order valence-corrected chi connectivity index (χ1v) is 7.58. The molecule has 5 heteroatoms. The summed E-state index contributed by atoms with van der Waals surface area (Å²) in [7, 11) is 1.56. The molecule has 1 aromatic heterocycles. The third kappa shape index (κ3) is 2.88. The van der Waals surface area contributed by atoms with Gasteiger partial charge in [0.05, 0.1) is 12.6 Å². The third-order valence-corrected chi connectivity index (χ3v) is 4.16. The molecule has 0 saturated carbocycles. The number of rotatable bonds is 3. The molecule has 0 unspecified atom stereocenters. The second-order valence-corrected chi connectivity index (χ2v) is 5.65. The normalized spacial score (nSPS) is 10.6. The number of hydrogen-bond acceptors (Lipinski definition) is 3. The number of carbonyl (C=O) groups is 1. The molecular formula is C19H18N2O3. The van der Waals surface area contributed by atoms with Crippen molar-refractivity contribution in [1.82, 2.24) is 4.98 Å². The minimum Gasteiger partial charge on any atom is -0.497 e. The highest BCUT2D eigenvalue weighted by Crippen LogP contribution is 2.22. The van der Waals surface area contributed by atoms with Gasteiger partial charge in [-0.2, -0.15) is 0 Å². The third-order valence-electron chi connectivity index (χ3n) is 4.16. The summed E-state index contributed by atoms with van der Waals surface area (Å²) in [5, 5.41) is 3.80. The van der Waals surface area contributed by atoms with E-state index in [-0.39, 0.29) is 11.5 Å². The molecule has 0 aliphatic carbocycles. The van der Waals surface area contributed by atoms with E-state index in [1.54, 1.807) is 44.4 Å². The predicted molar refractivity (Wildman–Crippen MR) is 95.0 cm³/mol. The lowest BCUT2D eigenvalue weighted by molar-refractivity contribution is 0.102. The molecule has 1 amide bonds. The van der Waals surface area contributed by atoms with Gasteiger partial charge in [-0.1, -0.05) is 12.1 Å². The Labute approximate surface area is 139 Å². The maximum atomic E-state index is 12.4. The Bertz CT molecular complexity index is 990. The standard InChI is InChI=1S/C19H18N2O3/c1-11-12(2)18(22)21-17-10-14(7-8-16(11)17)20-19(23)13-5-4-6-15(9-13)24-3/h4-10H,1-3H3,(H,20,23)(H,21,22). The largest absolute Gasteiger partial charge is 0.497 e. The fraction of sp³-hybridized carbons (Fsp3) is 0.158. The first-order chi connectivity index (χ1) is 11.5. The zero-order chi connectivity index (χ0) is 17.3. The number of H-pyrrole nitrogens is 1. The first kappa shape index (κ1) is 15.8. The molecule has 0 spiro atoms. The van der Waals surface area contributed by atoms with Gasteiger partial charge in [0.2, 0.25) is 0 Å². The van der Waals surface area contributed by atoms with E-state index in [2.05, 4.69) is 10.3 Å². The molecule has 24 heavy (non-hydrogen) atoms. The van der Waals surface area contributed by atoms with E-state index < -0.39 is 0 Å². The van der Waals surface area contributed by atoms with Crippen molar-refractivity contribution in [1.29, 1.82) is 0 Å². The van der Waals surface area contributed by atoms with Crippen LogP contribution in [0.15, 0.2) is 47.3 Å². The monoisotopic (exact) mass is 322 g/mol. The summed E-state index contributed by atoms with van der Waals surface area (Å²) < 4.78 is 5.13. The Morgan fingerprint density at radius 2 is 1.88 bits per heavy atom. The number of anilines is 1. The summed E-state index contributed by atoms with van der Waals surface area (Å²) in [5.74, 6) is 0.385. The zero-order valence-electron chi connectivity index (χ0n) is 13.8. The summed E-state index contributed by atoms with van der Waals surface area (Å²) in [6, 6.07) is 12.4. The molecule has 3 rings (SSSR count). The lowest BCUT2D eigenvalue weighted by atomic mass is 10.1. The minimum absolute atomic E-state index is 0.115. The van der Waals surface area contributed by atoms with Crippen LogP contribution in [0.1, 0.15) is 21.5 Å². The SMILES string of the molecule is COc1cccc(C(=O)Nc2ccc3c(C)c(C)c(=O)[nH]c3c2)c1. The molecule has 122 valence electrons. The molecule has 0 bridgehead atoms. The van der Waals surface area contributed by atoms with E-state index in [0.717, 1.165) is 10.9 Å². The molecule has 0 aliphatic rings. The van der Waals surface area contributed by atoms with E-state index in [1.807, 2.05) is 19.1 Å². The van der Waals surface area contributed by atoms with Crippen LogP contribution < -0.4 is 15.6 Å². The Morgan fingerprint density at radius 3 is 2.62 bits per heavy atom. The van der Waals surface area contributed by atoms with Crippen molar-refractivity contribution in [2.45, 2.75) is 13.8 Å². The van der Waals surface area contributed by atoms with Gasteiger partial charge in [0.15, 0.2) is 0 Å². The lowest BCUT2D eigenvalue weighted by Gasteiger charge is -2.10. The molecule has 3 aromatic rings. The number of aromatic amines is 1. The Balaban J connectivity index is 1.94. The van der Waals surface area contributed by atoms with E-state index in [1.165, 1.54) is 0 Å². The maximum absolute atomic E-state index is 12.4. The van der Waals surface area contributed by atoms with Crippen molar-refractivity contribution in [3.63, 3.8) is 0 Å². The summed E-state index contributed by atoms with van der Waals surface area (Å²) in [5.41, 5.74) is 3.36. The Kier molecular flexibility index (Phi) is 4.08. The number of carbonyl (C=O) groups excluding carboxylic acids is 1. The van der Waals surface area contributed by atoms with Crippen LogP contribution >= 0.6 is 0 Å². The molecule has 0 radical (unpaired) electrons. The number of benzene rings is 2. The van der Waals surface area contributed by atoms with Crippen molar-refractivity contribution in [3.8, 4) is 5.75 Å². The average molecular weight is 322 g/mol. The quantitative estimate of drug-likeness (QED) is 0.776. The summed E-state index contributed by atoms with van der Waals surface area (Å²) in [6.07, 6.45) is 0. The molecule has 0 atom stereocenters. The van der Waals surface area contributed by atoms with E-state index in [9.17, 15) is 9.59 Å². The van der Waals surface area contributed by atoms with Crippen LogP contribution in [0.5, 0.6) is 5.75 Å². The molecular weight excluding hydrogens is 304 g/mol. The molecule has 0 saturated heterocycles. The summed E-state index contributed by atoms with van der Waals surface area (Å²) >= 11 is 0. The number of hydrogen-bond donors (Lipinski definition) is 2. The van der Waals surface area contributed by atoms with Crippen molar-refractivity contribution >= 4 is 22.5 Å². The van der Waals surface area contributed by atoms with Gasteiger partial charge in [-0.15, -0.1) is 0 Å². The second-order valence-electron chi connectivity index (χ2n) is 5.65. The number of aromatic nitrogens is 1. The van der Waals surface area contributed by atoms with Gasteiger partial charge in [0, 0.05) is 22.2 Å². The van der Waals surface area contributed by atoms with Crippen LogP contribution in [0.4, 0.5) is 5.69 Å². The van der Waals surface area contributed by atoms with Crippen LogP contribution in [-0.4, -0.2) is 18.0 Å². The molecule has 1 heterocycles. The first-order valence-electron chi connectivity index (χ1n) is 7.58. The predicted octanol–water partition coefficient (Wildman–Crippen LogP) is 3.41. The highest BCUT2D eigenvalue weighted by Gasteiger charge is 2.09. The van der Waals surface area contributed by atoms with Crippen LogP contribution in [0.2, 0.25) is 0 Å². The average Bonchev–Trinajstić information content (AvgIpc) is 2.59. The summed E-state index contributed by atoms with van der Waals surface area (Å²) in [6.45, 7) is 3.72. The van der Waals surface area contributed by atoms with Crippen LogP contribution in [-0.2, 0) is 0 Å². The number of pyridine rings is 1. The van der Waals surface area contributed by atoms with Crippen molar-refractivity contribution in [2.75, 3.05) is 12.4 Å². The van der Waals surface area contributed by atoms with Crippen molar-refractivity contribution in [2.24, 2.45) is 0 Å². The zero-order valence-corrected chi connectivity index (χ0v) is 13.8. The van der Waals surface area contributed by atoms with Crippen LogP contribution in [0.25, 0.3) is 10.9 Å². The Hall–Kier alpha value is -3.08. The Morgan fingerprint density at radius 1 is 1.08 bits per heavy atom. The number of amides is 1. The van der Waals surface area contributed by atoms with Crippen LogP contribution in [0, 0.1) is 13.8 Å². The maximum Gasteiger partial charge on any atom is 0.255 e. The lowest BCUT2D eigenvalue weighted by Crippen LogP contribution is -2.13. The van der Waals surface area contributed by atoms with Crippen molar-refractivity contribution < 1.29 is 9.53 Å². The van der Waals surface area contributed by atoms with Gasteiger partial charge in [0.1, 0.15) is 5.75 Å². The van der Waals surface area contributed by atoms with Gasteiger partial charge in [-0.25, -0.2) is 0 Å². The highest BCUT2D eigenvalue weighted by molar-refractivity contribution is 6.05. The van der Waals surface area contributed by atoms with E-state index in [4.69, 9.17) is 4.74 Å². The number of nitrogens with one attached hydrogen (secondary N) is 2. The van der Waals surface area contributed by atoms with E-state index >= 15 is 0 Å². The smallest absolute Gasteiger partial charge is 0.255 e. The van der Waals surface area contributed by atoms with Crippen LogP contribution in [0.3, 0.4) is 0 Å². The number of methoxy groups -OCH3 is 1. The number of fused-ring (bicyclic) bond motifs is 1. The number of ether oxygens (including phenoxy) is 1. The molecule has 5 nitrogen and oxygen atoms in total. The van der Waals surface area contributed by atoms with Gasteiger partial charge in [-0.3, -0.25) is 9.59 Å². The number of aryl methyl sites for hydroxylation is 1. The molecule has 0 aliphatic heterocycles. The van der Waals surface area contributed by atoms with E-state index in [0.29, 0.717) is 28.1 Å². The fourth-order valence-corrected chi connectivity index (χ4v) is 2.61. The molecule has 2 N–H and O–H groups in total. The topological polar surface area (TPSA) is 71.2 Å². The van der Waals surface area contributed by atoms with Gasteiger partial charge in [-0.05, 0) is 49.7 Å². The minimum atomic E-state index is -0.237. The van der Waals surface area contributed by atoms with Gasteiger partial charge >= 0.3 is 0 Å². The van der Waals surface area contributed by atoms with Gasteiger partial charge < -0.3 is 15.0 Å². The fourth-order valence-electron chi connectivity index (χ4n) is 2.61. The second kappa shape index (κ2) is 6.20. The summed E-state index contributed by atoms with van der Waals surface area (Å²) in [4.78, 5) is 27.1. The van der Waals surface area contributed by atoms with Gasteiger partial charge in [0.25, 0.3) is 11.5 Å². The molecule has 2 aromatic carbocycles. The molecule has 0 fully saturated rings. The highest BCUT2D eigenvalue weighted by atomic mass is 16.5. The van der Waals surface area contributed by atoms with Crippen molar-refractivity contribution in [3.05, 3.63) is 69.5 Å².